The van der Waals surface area contributed by atoms with Gasteiger partial charge in [0.15, 0.2) is 5.16 Å². The van der Waals surface area contributed by atoms with E-state index in [9.17, 15) is 0 Å². The summed E-state index contributed by atoms with van der Waals surface area (Å²) in [6, 6.07) is 0. The van der Waals surface area contributed by atoms with Crippen molar-refractivity contribution >= 4 is 11.8 Å². The van der Waals surface area contributed by atoms with Crippen molar-refractivity contribution in [2.24, 2.45) is 0 Å². The molecule has 0 amide bonds. The lowest BCUT2D eigenvalue weighted by Crippen LogP contribution is -2.28. The van der Waals surface area contributed by atoms with Crippen LogP contribution < -0.4 is 5.32 Å². The van der Waals surface area contributed by atoms with Gasteiger partial charge >= 0.3 is 0 Å². The lowest BCUT2D eigenvalue weighted by molar-refractivity contribution is 0.129. The lowest BCUT2D eigenvalue weighted by atomic mass is 9.97. The first-order chi connectivity index (χ1) is 10.4. The van der Waals surface area contributed by atoms with Crippen LogP contribution in [0.5, 0.6) is 0 Å². The Bertz CT molecular complexity index is 464. The minimum absolute atomic E-state index is 0.381. The van der Waals surface area contributed by atoms with Crippen molar-refractivity contribution in [2.45, 2.75) is 49.4 Å². The maximum absolute atomic E-state index is 5.69. The number of hydrogen-bond acceptors (Lipinski definition) is 5. The van der Waals surface area contributed by atoms with Crippen molar-refractivity contribution in [3.05, 3.63) is 18.5 Å². The molecular formula is C15H24N4OS. The second kappa shape index (κ2) is 7.42. The van der Waals surface area contributed by atoms with Crippen molar-refractivity contribution in [1.29, 1.82) is 0 Å². The molecular weight excluding hydrogens is 284 g/mol. The van der Waals surface area contributed by atoms with Gasteiger partial charge in [-0.3, -0.25) is 0 Å². The van der Waals surface area contributed by atoms with Crippen molar-refractivity contribution in [3.8, 4) is 0 Å². The molecule has 116 valence electrons. The van der Waals surface area contributed by atoms with Gasteiger partial charge < -0.3 is 14.6 Å². The van der Waals surface area contributed by atoms with Gasteiger partial charge in [0.05, 0.1) is 6.10 Å². The van der Waals surface area contributed by atoms with E-state index in [2.05, 4.69) is 26.7 Å². The summed E-state index contributed by atoms with van der Waals surface area (Å²) in [4.78, 5) is 0. The molecule has 0 spiro atoms. The average Bonchev–Trinajstić information content (AvgIpc) is 3.16. The number of aromatic nitrogens is 3. The molecule has 0 saturated carbocycles. The molecule has 3 rings (SSSR count). The van der Waals surface area contributed by atoms with Crippen LogP contribution in [0, 0.1) is 0 Å². The van der Waals surface area contributed by atoms with Gasteiger partial charge in [-0.05, 0) is 38.8 Å². The number of ether oxygens (including phenoxy) is 1. The number of allylic oxidation sites excluding steroid dienone is 1. The summed E-state index contributed by atoms with van der Waals surface area (Å²) in [5.41, 5.74) is 0. The third-order valence-corrected chi connectivity index (χ3v) is 5.28. The standard InChI is InChI=1S/C15H24N4OS/c1-2-9-19-14(12-5-7-16-8-6-12)17-18-15(19)21-11-13-4-3-10-20-13/h2,12-13,16H,1,3-11H2/t13-/m0/s1. The minimum atomic E-state index is 0.381. The molecule has 0 radical (unpaired) electrons. The normalized spacial score (nSPS) is 23.5. The van der Waals surface area contributed by atoms with Crippen LogP contribution in [-0.2, 0) is 11.3 Å². The lowest BCUT2D eigenvalue weighted by Gasteiger charge is -2.22. The first-order valence-electron chi connectivity index (χ1n) is 7.87. The molecule has 0 aliphatic carbocycles. The van der Waals surface area contributed by atoms with Gasteiger partial charge in [-0.1, -0.05) is 17.8 Å². The van der Waals surface area contributed by atoms with Crippen molar-refractivity contribution < 1.29 is 4.74 Å². The minimum Gasteiger partial charge on any atom is -0.377 e. The molecule has 2 aliphatic heterocycles. The van der Waals surface area contributed by atoms with E-state index in [0.717, 1.165) is 55.8 Å². The van der Waals surface area contributed by atoms with E-state index < -0.39 is 0 Å². The maximum Gasteiger partial charge on any atom is 0.191 e. The Kier molecular flexibility index (Phi) is 5.32. The van der Waals surface area contributed by atoms with Crippen LogP contribution in [0.15, 0.2) is 17.8 Å². The fraction of sp³-hybridized carbons (Fsp3) is 0.733. The van der Waals surface area contributed by atoms with Crippen LogP contribution in [-0.4, -0.2) is 46.3 Å². The van der Waals surface area contributed by atoms with Gasteiger partial charge in [0.25, 0.3) is 0 Å². The number of nitrogens with one attached hydrogen (secondary N) is 1. The quantitative estimate of drug-likeness (QED) is 0.645. The third-order valence-electron chi connectivity index (χ3n) is 4.18. The predicted molar refractivity (Wildman–Crippen MR) is 84.8 cm³/mol. The highest BCUT2D eigenvalue weighted by Gasteiger charge is 2.24. The smallest absolute Gasteiger partial charge is 0.191 e. The fourth-order valence-corrected chi connectivity index (χ4v) is 4.05. The Morgan fingerprint density at radius 1 is 1.33 bits per heavy atom. The fourth-order valence-electron chi connectivity index (χ4n) is 3.03. The highest BCUT2D eigenvalue weighted by atomic mass is 32.2. The summed E-state index contributed by atoms with van der Waals surface area (Å²) in [5, 5.41) is 13.3. The molecule has 1 atom stereocenters. The molecule has 6 heteroatoms. The van der Waals surface area contributed by atoms with Crippen LogP contribution in [0.3, 0.4) is 0 Å². The monoisotopic (exact) mass is 308 g/mol. The summed E-state index contributed by atoms with van der Waals surface area (Å²) in [7, 11) is 0. The zero-order valence-corrected chi connectivity index (χ0v) is 13.3. The molecule has 0 bridgehead atoms. The van der Waals surface area contributed by atoms with Gasteiger partial charge in [-0.2, -0.15) is 0 Å². The zero-order chi connectivity index (χ0) is 14.5. The van der Waals surface area contributed by atoms with Crippen LogP contribution in [0.2, 0.25) is 0 Å². The van der Waals surface area contributed by atoms with Crippen molar-refractivity contribution in [2.75, 3.05) is 25.4 Å². The molecule has 0 unspecified atom stereocenters. The molecule has 2 saturated heterocycles. The van der Waals surface area contributed by atoms with E-state index in [-0.39, 0.29) is 0 Å². The Morgan fingerprint density at radius 3 is 2.90 bits per heavy atom. The Hall–Kier alpha value is -0.850. The van der Waals surface area contributed by atoms with E-state index in [4.69, 9.17) is 4.74 Å². The van der Waals surface area contributed by atoms with Crippen LogP contribution >= 0.6 is 11.8 Å². The molecule has 21 heavy (non-hydrogen) atoms. The summed E-state index contributed by atoms with van der Waals surface area (Å²) in [6.45, 7) is 7.72. The first kappa shape index (κ1) is 15.1. The van der Waals surface area contributed by atoms with E-state index in [1.165, 1.54) is 12.8 Å². The summed E-state index contributed by atoms with van der Waals surface area (Å²) in [5.74, 6) is 2.63. The topological polar surface area (TPSA) is 52.0 Å². The zero-order valence-electron chi connectivity index (χ0n) is 12.5. The van der Waals surface area contributed by atoms with E-state index in [0.29, 0.717) is 12.0 Å². The summed E-state index contributed by atoms with van der Waals surface area (Å²) in [6.07, 6.45) is 6.96. The van der Waals surface area contributed by atoms with Crippen LogP contribution in [0.25, 0.3) is 0 Å². The van der Waals surface area contributed by atoms with Gasteiger partial charge in [-0.25, -0.2) is 0 Å². The van der Waals surface area contributed by atoms with Gasteiger partial charge in [0.1, 0.15) is 5.82 Å². The molecule has 1 aromatic heterocycles. The van der Waals surface area contributed by atoms with Crippen molar-refractivity contribution in [3.63, 3.8) is 0 Å². The van der Waals surface area contributed by atoms with Crippen LogP contribution in [0.1, 0.15) is 37.4 Å². The molecule has 3 heterocycles. The van der Waals surface area contributed by atoms with Gasteiger partial charge in [0, 0.05) is 24.8 Å². The Labute approximate surface area is 130 Å². The molecule has 2 fully saturated rings. The largest absolute Gasteiger partial charge is 0.377 e. The second-order valence-electron chi connectivity index (χ2n) is 5.71. The predicted octanol–water partition coefficient (Wildman–Crippen LogP) is 2.20. The van der Waals surface area contributed by atoms with Gasteiger partial charge in [-0.15, -0.1) is 16.8 Å². The summed E-state index contributed by atoms with van der Waals surface area (Å²) >= 11 is 1.77. The Morgan fingerprint density at radius 2 is 2.19 bits per heavy atom. The van der Waals surface area contributed by atoms with Gasteiger partial charge in [0.2, 0.25) is 0 Å². The SMILES string of the molecule is C=CCn1c(SC[C@@H]2CCCO2)nnc1C1CCNCC1. The van der Waals surface area contributed by atoms with E-state index >= 15 is 0 Å². The van der Waals surface area contributed by atoms with Crippen LogP contribution in [0.4, 0.5) is 0 Å². The van der Waals surface area contributed by atoms with Crippen molar-refractivity contribution in [1.82, 2.24) is 20.1 Å². The van der Waals surface area contributed by atoms with E-state index in [1.807, 2.05) is 6.08 Å². The van der Waals surface area contributed by atoms with E-state index in [1.54, 1.807) is 11.8 Å². The number of thioether (sulfide) groups is 1. The number of rotatable bonds is 6. The summed E-state index contributed by atoms with van der Waals surface area (Å²) < 4.78 is 7.93. The molecule has 1 aromatic rings. The number of hydrogen-bond donors (Lipinski definition) is 1. The second-order valence-corrected chi connectivity index (χ2v) is 6.70. The average molecular weight is 308 g/mol. The highest BCUT2D eigenvalue weighted by Crippen LogP contribution is 2.28. The molecule has 2 aliphatic rings. The Balaban J connectivity index is 1.69. The number of piperidine rings is 1. The number of nitrogens with zero attached hydrogens (tertiary/aromatic N) is 3. The molecule has 5 nitrogen and oxygen atoms in total. The third kappa shape index (κ3) is 3.67. The molecule has 0 aromatic carbocycles. The maximum atomic E-state index is 5.69. The first-order valence-corrected chi connectivity index (χ1v) is 8.86. The highest BCUT2D eigenvalue weighted by molar-refractivity contribution is 7.99. The molecule has 1 N–H and O–H groups in total.